The van der Waals surface area contributed by atoms with Crippen molar-refractivity contribution < 1.29 is 0 Å². The van der Waals surface area contributed by atoms with E-state index in [2.05, 4.69) is 254 Å². The van der Waals surface area contributed by atoms with Crippen LogP contribution in [0.5, 0.6) is 0 Å². The number of hydrogen-bond acceptors (Lipinski definition) is 2. The summed E-state index contributed by atoms with van der Waals surface area (Å²) in [4.78, 5) is 4.70. The number of rotatable bonds is 9. The molecule has 282 valence electrons. The van der Waals surface area contributed by atoms with E-state index in [0.717, 1.165) is 39.7 Å². The van der Waals surface area contributed by atoms with Gasteiger partial charge >= 0.3 is 0 Å². The Kier molecular flexibility index (Phi) is 9.24. The van der Waals surface area contributed by atoms with Gasteiger partial charge in [-0.3, -0.25) is 0 Å². The first-order valence-corrected chi connectivity index (χ1v) is 20.4. The summed E-state index contributed by atoms with van der Waals surface area (Å²) >= 11 is 0. The molecule has 0 heterocycles. The molecule has 2 heteroatoms. The van der Waals surface area contributed by atoms with E-state index in [4.69, 9.17) is 0 Å². The Morgan fingerprint density at radius 1 is 0.322 bits per heavy atom. The SMILES string of the molecule is CC1(C)c2cc(C=Cc3ccc(N(c4ccccc4)c4ccccc4)cc3)ccc2-c2ccc(N(c3ccc(-c4ccccc4)cc3)c3ccc4ccccc4c3)cc21. The minimum atomic E-state index is -0.184. The molecule has 0 fully saturated rings. The molecule has 0 unspecified atom stereocenters. The zero-order valence-electron chi connectivity index (χ0n) is 33.3. The Labute approximate surface area is 347 Å². The van der Waals surface area contributed by atoms with Gasteiger partial charge in [-0.05, 0) is 128 Å². The van der Waals surface area contributed by atoms with Crippen molar-refractivity contribution in [3.63, 3.8) is 0 Å². The molecule has 2 nitrogen and oxygen atoms in total. The molecule has 9 aromatic rings. The van der Waals surface area contributed by atoms with Crippen LogP contribution in [0.4, 0.5) is 34.1 Å². The van der Waals surface area contributed by atoms with E-state index in [0.29, 0.717) is 0 Å². The summed E-state index contributed by atoms with van der Waals surface area (Å²) in [5.74, 6) is 0. The molecule has 0 bridgehead atoms. The van der Waals surface area contributed by atoms with E-state index < -0.39 is 0 Å². The molecule has 1 aliphatic carbocycles. The lowest BCUT2D eigenvalue weighted by Crippen LogP contribution is -2.16. The summed E-state index contributed by atoms with van der Waals surface area (Å²) in [6.07, 6.45) is 4.46. The average Bonchev–Trinajstić information content (AvgIpc) is 3.52. The zero-order chi connectivity index (χ0) is 39.8. The second kappa shape index (κ2) is 15.2. The second-order valence-electron chi connectivity index (χ2n) is 15.9. The maximum absolute atomic E-state index is 2.42. The van der Waals surface area contributed by atoms with E-state index in [9.17, 15) is 0 Å². The average molecular weight is 757 g/mol. The van der Waals surface area contributed by atoms with Crippen molar-refractivity contribution in [1.82, 2.24) is 0 Å². The van der Waals surface area contributed by atoms with Crippen molar-refractivity contribution >= 4 is 57.0 Å². The monoisotopic (exact) mass is 756 g/mol. The quantitative estimate of drug-likeness (QED) is 0.135. The van der Waals surface area contributed by atoms with Gasteiger partial charge in [-0.1, -0.05) is 172 Å². The minimum Gasteiger partial charge on any atom is -0.311 e. The van der Waals surface area contributed by atoms with E-state index in [1.54, 1.807) is 0 Å². The van der Waals surface area contributed by atoms with Crippen LogP contribution in [-0.2, 0) is 5.41 Å². The molecule has 0 spiro atoms. The van der Waals surface area contributed by atoms with Gasteiger partial charge in [0.2, 0.25) is 0 Å². The van der Waals surface area contributed by atoms with Crippen molar-refractivity contribution in [1.29, 1.82) is 0 Å². The van der Waals surface area contributed by atoms with Gasteiger partial charge in [-0.25, -0.2) is 0 Å². The van der Waals surface area contributed by atoms with Crippen LogP contribution in [0.15, 0.2) is 218 Å². The van der Waals surface area contributed by atoms with Crippen LogP contribution in [0.2, 0.25) is 0 Å². The Hall–Kier alpha value is -7.42. The Balaban J connectivity index is 0.956. The largest absolute Gasteiger partial charge is 0.311 e. The molecular formula is C57H44N2. The number of fused-ring (bicyclic) bond motifs is 4. The van der Waals surface area contributed by atoms with Crippen LogP contribution in [0.1, 0.15) is 36.1 Å². The first-order chi connectivity index (χ1) is 29.0. The third-order valence-electron chi connectivity index (χ3n) is 11.8. The molecule has 0 atom stereocenters. The Bertz CT molecular complexity index is 2890. The smallest absolute Gasteiger partial charge is 0.0468 e. The molecule has 9 aromatic carbocycles. The number of nitrogens with zero attached hydrogens (tertiary/aromatic N) is 2. The summed E-state index contributed by atoms with van der Waals surface area (Å²) in [6, 6.07) is 78.8. The molecule has 0 saturated carbocycles. The molecule has 0 radical (unpaired) electrons. The number of para-hydroxylation sites is 2. The summed E-state index contributed by atoms with van der Waals surface area (Å²) in [7, 11) is 0. The predicted octanol–water partition coefficient (Wildman–Crippen LogP) is 15.9. The first-order valence-electron chi connectivity index (χ1n) is 20.4. The molecule has 0 aliphatic heterocycles. The minimum absolute atomic E-state index is 0.184. The third kappa shape index (κ3) is 6.89. The van der Waals surface area contributed by atoms with Crippen molar-refractivity contribution in [2.75, 3.05) is 9.80 Å². The molecule has 0 aromatic heterocycles. The number of anilines is 6. The molecule has 0 saturated heterocycles. The lowest BCUT2D eigenvalue weighted by Gasteiger charge is -2.28. The maximum atomic E-state index is 2.42. The highest BCUT2D eigenvalue weighted by molar-refractivity contribution is 5.91. The lowest BCUT2D eigenvalue weighted by atomic mass is 9.81. The van der Waals surface area contributed by atoms with E-state index in [1.807, 2.05) is 0 Å². The fourth-order valence-electron chi connectivity index (χ4n) is 8.71. The van der Waals surface area contributed by atoms with Gasteiger partial charge in [0.1, 0.15) is 0 Å². The highest BCUT2D eigenvalue weighted by Gasteiger charge is 2.36. The molecule has 0 N–H and O–H groups in total. The third-order valence-corrected chi connectivity index (χ3v) is 11.8. The summed E-state index contributed by atoms with van der Waals surface area (Å²) in [5.41, 5.74) is 16.7. The van der Waals surface area contributed by atoms with Gasteiger partial charge in [0.05, 0.1) is 0 Å². The van der Waals surface area contributed by atoms with Gasteiger partial charge in [0.15, 0.2) is 0 Å². The molecular weight excluding hydrogens is 713 g/mol. The molecule has 10 rings (SSSR count). The predicted molar refractivity (Wildman–Crippen MR) is 252 cm³/mol. The number of hydrogen-bond donors (Lipinski definition) is 0. The second-order valence-corrected chi connectivity index (χ2v) is 15.9. The normalized spacial score (nSPS) is 12.6. The Morgan fingerprint density at radius 2 is 0.746 bits per heavy atom. The lowest BCUT2D eigenvalue weighted by molar-refractivity contribution is 0.660. The van der Waals surface area contributed by atoms with E-state index in [1.165, 1.54) is 49.7 Å². The highest BCUT2D eigenvalue weighted by atomic mass is 15.1. The maximum Gasteiger partial charge on any atom is 0.0468 e. The van der Waals surface area contributed by atoms with E-state index >= 15 is 0 Å². The summed E-state index contributed by atoms with van der Waals surface area (Å²) < 4.78 is 0. The van der Waals surface area contributed by atoms with Gasteiger partial charge in [0, 0.05) is 39.5 Å². The van der Waals surface area contributed by atoms with Crippen molar-refractivity contribution in [2.45, 2.75) is 19.3 Å². The van der Waals surface area contributed by atoms with Crippen LogP contribution in [0.3, 0.4) is 0 Å². The number of benzene rings is 9. The van der Waals surface area contributed by atoms with Crippen molar-refractivity contribution in [3.05, 3.63) is 241 Å². The van der Waals surface area contributed by atoms with Gasteiger partial charge < -0.3 is 9.80 Å². The van der Waals surface area contributed by atoms with Crippen LogP contribution in [0.25, 0.3) is 45.2 Å². The zero-order valence-corrected chi connectivity index (χ0v) is 33.3. The van der Waals surface area contributed by atoms with Crippen LogP contribution in [0, 0.1) is 0 Å². The Morgan fingerprint density at radius 3 is 1.41 bits per heavy atom. The first kappa shape index (κ1) is 36.0. The summed E-state index contributed by atoms with van der Waals surface area (Å²) in [5, 5.41) is 2.46. The molecule has 0 amide bonds. The van der Waals surface area contributed by atoms with Gasteiger partial charge in [0.25, 0.3) is 0 Å². The topological polar surface area (TPSA) is 6.48 Å². The van der Waals surface area contributed by atoms with E-state index in [-0.39, 0.29) is 5.41 Å². The van der Waals surface area contributed by atoms with Gasteiger partial charge in [-0.2, -0.15) is 0 Å². The standard InChI is InChI=1S/C57H44N2/c1-57(2)55-38-42(23-22-41-24-30-49(31-25-41)58(47-18-8-4-9-19-47)48-20-10-5-11-21-48)26-36-53(55)54-37-35-52(40-56(54)57)59(51-34-29-44-16-12-13-17-46(44)39-51)50-32-27-45(28-33-50)43-14-6-3-7-15-43/h3-40H,1-2H3. The highest BCUT2D eigenvalue weighted by Crippen LogP contribution is 2.51. The summed E-state index contributed by atoms with van der Waals surface area (Å²) in [6.45, 7) is 4.74. The van der Waals surface area contributed by atoms with Crippen molar-refractivity contribution in [3.8, 4) is 22.3 Å². The fraction of sp³-hybridized carbons (Fsp3) is 0.0526. The van der Waals surface area contributed by atoms with Crippen LogP contribution in [-0.4, -0.2) is 0 Å². The fourth-order valence-corrected chi connectivity index (χ4v) is 8.71. The van der Waals surface area contributed by atoms with Gasteiger partial charge in [-0.15, -0.1) is 0 Å². The molecule has 1 aliphatic rings. The van der Waals surface area contributed by atoms with Crippen LogP contribution >= 0.6 is 0 Å². The van der Waals surface area contributed by atoms with Crippen LogP contribution < -0.4 is 9.80 Å². The van der Waals surface area contributed by atoms with Crippen molar-refractivity contribution in [2.24, 2.45) is 0 Å². The molecule has 59 heavy (non-hydrogen) atoms.